The molecule has 1 aromatic heterocycles. The summed E-state index contributed by atoms with van der Waals surface area (Å²) in [6, 6.07) is 0. The summed E-state index contributed by atoms with van der Waals surface area (Å²) in [6.45, 7) is 6.93. The lowest BCUT2D eigenvalue weighted by Crippen LogP contribution is -2.18. The molecule has 0 aromatic carbocycles. The molecule has 0 bridgehead atoms. The van der Waals surface area contributed by atoms with Gasteiger partial charge in [-0.3, -0.25) is 4.68 Å². The quantitative estimate of drug-likeness (QED) is 0.619. The van der Waals surface area contributed by atoms with Crippen LogP contribution in [0.4, 0.5) is 0 Å². The first kappa shape index (κ1) is 14.3. The lowest BCUT2D eigenvalue weighted by molar-refractivity contribution is 0.571. The molecule has 0 fully saturated rings. The Morgan fingerprint density at radius 1 is 1.47 bits per heavy atom. The first-order chi connectivity index (χ1) is 8.24. The Morgan fingerprint density at radius 2 is 2.24 bits per heavy atom. The Bertz CT molecular complexity index is 390. The third-order valence-electron chi connectivity index (χ3n) is 2.66. The van der Waals surface area contributed by atoms with Gasteiger partial charge in [0.15, 0.2) is 0 Å². The Morgan fingerprint density at radius 3 is 2.82 bits per heavy atom. The summed E-state index contributed by atoms with van der Waals surface area (Å²) in [7, 11) is 0. The van der Waals surface area contributed by atoms with Crippen LogP contribution in [0, 0.1) is 12.3 Å². The number of hydrogen-bond acceptors (Lipinski definition) is 2. The SMILES string of the molecule is C#CCCCNCc1c(Br)c(CC)nn1CC. The first-order valence-electron chi connectivity index (χ1n) is 6.12. The molecule has 0 atom stereocenters. The summed E-state index contributed by atoms with van der Waals surface area (Å²) in [5, 5.41) is 7.96. The number of nitrogens with one attached hydrogen (secondary N) is 1. The standard InChI is InChI=1S/C13H20BrN3/c1-4-7-8-9-15-10-12-13(14)11(5-2)16-17(12)6-3/h1,15H,5-10H2,2-3H3. The zero-order chi connectivity index (χ0) is 12.7. The highest BCUT2D eigenvalue weighted by molar-refractivity contribution is 9.10. The maximum Gasteiger partial charge on any atom is 0.0767 e. The molecule has 0 spiro atoms. The predicted octanol–water partition coefficient (Wildman–Crippen LogP) is 2.73. The summed E-state index contributed by atoms with van der Waals surface area (Å²) in [4.78, 5) is 0. The van der Waals surface area contributed by atoms with E-state index in [1.165, 1.54) is 5.69 Å². The van der Waals surface area contributed by atoms with E-state index in [0.29, 0.717) is 0 Å². The molecule has 0 saturated heterocycles. The van der Waals surface area contributed by atoms with E-state index in [0.717, 1.165) is 49.1 Å². The number of unbranched alkanes of at least 4 members (excludes halogenated alkanes) is 1. The lowest BCUT2D eigenvalue weighted by atomic mass is 10.3. The van der Waals surface area contributed by atoms with Crippen LogP contribution in [-0.2, 0) is 19.5 Å². The van der Waals surface area contributed by atoms with Gasteiger partial charge in [0.05, 0.1) is 15.9 Å². The number of terminal acetylenes is 1. The first-order valence-corrected chi connectivity index (χ1v) is 6.92. The van der Waals surface area contributed by atoms with Crippen molar-refractivity contribution in [1.29, 1.82) is 0 Å². The highest BCUT2D eigenvalue weighted by Gasteiger charge is 2.12. The maximum absolute atomic E-state index is 5.21. The van der Waals surface area contributed by atoms with Crippen molar-refractivity contribution in [3.05, 3.63) is 15.9 Å². The molecule has 94 valence electrons. The maximum atomic E-state index is 5.21. The summed E-state index contributed by atoms with van der Waals surface area (Å²) < 4.78 is 3.20. The highest BCUT2D eigenvalue weighted by Crippen LogP contribution is 2.22. The second-order valence-electron chi connectivity index (χ2n) is 3.86. The molecule has 1 N–H and O–H groups in total. The van der Waals surface area contributed by atoms with Gasteiger partial charge in [0.25, 0.3) is 0 Å². The molecule has 1 heterocycles. The van der Waals surface area contributed by atoms with Gasteiger partial charge < -0.3 is 5.32 Å². The van der Waals surface area contributed by atoms with E-state index in [9.17, 15) is 0 Å². The number of rotatable bonds is 7. The Balaban J connectivity index is 2.57. The van der Waals surface area contributed by atoms with E-state index < -0.39 is 0 Å². The fraction of sp³-hybridized carbons (Fsp3) is 0.615. The van der Waals surface area contributed by atoms with Gasteiger partial charge in [-0.25, -0.2) is 0 Å². The summed E-state index contributed by atoms with van der Waals surface area (Å²) >= 11 is 3.63. The molecule has 0 saturated carbocycles. The normalized spacial score (nSPS) is 10.5. The van der Waals surface area contributed by atoms with Crippen molar-refractivity contribution in [3.63, 3.8) is 0 Å². The smallest absolute Gasteiger partial charge is 0.0767 e. The highest BCUT2D eigenvalue weighted by atomic mass is 79.9. The van der Waals surface area contributed by atoms with Crippen molar-refractivity contribution >= 4 is 15.9 Å². The van der Waals surface area contributed by atoms with Crippen LogP contribution >= 0.6 is 15.9 Å². The molecule has 0 radical (unpaired) electrons. The molecular formula is C13H20BrN3. The van der Waals surface area contributed by atoms with E-state index >= 15 is 0 Å². The van der Waals surface area contributed by atoms with E-state index in [1.54, 1.807) is 0 Å². The summed E-state index contributed by atoms with van der Waals surface area (Å²) in [5.74, 6) is 2.65. The van der Waals surface area contributed by atoms with E-state index in [4.69, 9.17) is 6.42 Å². The van der Waals surface area contributed by atoms with Crippen molar-refractivity contribution in [1.82, 2.24) is 15.1 Å². The topological polar surface area (TPSA) is 29.9 Å². The predicted molar refractivity (Wildman–Crippen MR) is 74.8 cm³/mol. The fourth-order valence-electron chi connectivity index (χ4n) is 1.71. The van der Waals surface area contributed by atoms with Gasteiger partial charge >= 0.3 is 0 Å². The van der Waals surface area contributed by atoms with Crippen LogP contribution in [0.15, 0.2) is 4.47 Å². The molecule has 4 heteroatoms. The molecule has 1 rings (SSSR count). The van der Waals surface area contributed by atoms with E-state index in [-0.39, 0.29) is 0 Å². The van der Waals surface area contributed by atoms with Crippen molar-refractivity contribution in [2.24, 2.45) is 0 Å². The van der Waals surface area contributed by atoms with Gasteiger partial charge in [-0.15, -0.1) is 12.3 Å². The minimum Gasteiger partial charge on any atom is -0.311 e. The minimum atomic E-state index is 0.835. The number of halogens is 1. The monoisotopic (exact) mass is 297 g/mol. The molecule has 0 aliphatic carbocycles. The van der Waals surface area contributed by atoms with Gasteiger partial charge in [0.1, 0.15) is 0 Å². The number of aromatic nitrogens is 2. The van der Waals surface area contributed by atoms with Gasteiger partial charge in [-0.2, -0.15) is 5.10 Å². The van der Waals surface area contributed by atoms with Crippen LogP contribution in [-0.4, -0.2) is 16.3 Å². The second kappa shape index (κ2) is 7.52. The molecule has 0 unspecified atom stereocenters. The van der Waals surface area contributed by atoms with Crippen LogP contribution in [0.3, 0.4) is 0 Å². The number of aryl methyl sites for hydroxylation is 2. The lowest BCUT2D eigenvalue weighted by Gasteiger charge is -2.06. The molecule has 1 aromatic rings. The van der Waals surface area contributed by atoms with Crippen molar-refractivity contribution in [2.45, 2.75) is 46.2 Å². The van der Waals surface area contributed by atoms with E-state index in [1.807, 2.05) is 0 Å². The third kappa shape index (κ3) is 3.86. The summed E-state index contributed by atoms with van der Waals surface area (Å²) in [6.07, 6.45) is 8.03. The Hall–Kier alpha value is -0.790. The summed E-state index contributed by atoms with van der Waals surface area (Å²) in [5.41, 5.74) is 2.36. The molecule has 0 aliphatic heterocycles. The minimum absolute atomic E-state index is 0.835. The average molecular weight is 298 g/mol. The largest absolute Gasteiger partial charge is 0.311 e. The zero-order valence-corrected chi connectivity index (χ0v) is 12.2. The molecule has 3 nitrogen and oxygen atoms in total. The molecular weight excluding hydrogens is 278 g/mol. The van der Waals surface area contributed by atoms with Crippen LogP contribution in [0.25, 0.3) is 0 Å². The number of nitrogens with zero attached hydrogens (tertiary/aromatic N) is 2. The van der Waals surface area contributed by atoms with Crippen LogP contribution in [0.2, 0.25) is 0 Å². The third-order valence-corrected chi connectivity index (χ3v) is 3.58. The van der Waals surface area contributed by atoms with Crippen LogP contribution in [0.5, 0.6) is 0 Å². The van der Waals surface area contributed by atoms with Crippen molar-refractivity contribution < 1.29 is 0 Å². The van der Waals surface area contributed by atoms with Crippen molar-refractivity contribution in [3.8, 4) is 12.3 Å². The van der Waals surface area contributed by atoms with Crippen molar-refractivity contribution in [2.75, 3.05) is 6.54 Å². The number of hydrogen-bond donors (Lipinski definition) is 1. The average Bonchev–Trinajstić information content (AvgIpc) is 2.65. The molecule has 0 amide bonds. The van der Waals surface area contributed by atoms with Gasteiger partial charge in [-0.05, 0) is 42.2 Å². The zero-order valence-electron chi connectivity index (χ0n) is 10.6. The van der Waals surface area contributed by atoms with Crippen LogP contribution < -0.4 is 5.32 Å². The molecule has 17 heavy (non-hydrogen) atoms. The fourth-order valence-corrected chi connectivity index (χ4v) is 2.41. The van der Waals surface area contributed by atoms with Gasteiger partial charge in [-0.1, -0.05) is 6.92 Å². The Kier molecular flexibility index (Phi) is 6.31. The van der Waals surface area contributed by atoms with Crippen LogP contribution in [0.1, 0.15) is 38.1 Å². The Labute approximate surface area is 112 Å². The van der Waals surface area contributed by atoms with E-state index in [2.05, 4.69) is 50.8 Å². The van der Waals surface area contributed by atoms with Gasteiger partial charge in [0, 0.05) is 19.5 Å². The second-order valence-corrected chi connectivity index (χ2v) is 4.65. The van der Waals surface area contributed by atoms with Gasteiger partial charge in [0.2, 0.25) is 0 Å². The molecule has 0 aliphatic rings.